The number of unbranched alkanes of at least 4 members (excludes halogenated alkanes) is 3. The van der Waals surface area contributed by atoms with Gasteiger partial charge in [-0.1, -0.05) is 37.8 Å². The average Bonchev–Trinajstić information content (AvgIpc) is 2.89. The number of carbonyl (C=O) groups excluding carboxylic acids is 1. The fraction of sp³-hybridized carbons (Fsp3) is 0.471. The first-order valence-corrected chi connectivity index (χ1v) is 8.06. The Hall–Kier alpha value is -1.68. The van der Waals surface area contributed by atoms with Crippen molar-refractivity contribution < 1.29 is 9.53 Å². The topological polar surface area (TPSA) is 51.0 Å². The van der Waals surface area contributed by atoms with Gasteiger partial charge >= 0.3 is 5.97 Å². The average molecular weight is 321 g/mol. The van der Waals surface area contributed by atoms with Crippen LogP contribution >= 0.6 is 11.6 Å². The lowest BCUT2D eigenvalue weighted by Gasteiger charge is -2.03. The van der Waals surface area contributed by atoms with Crippen LogP contribution in [0.4, 0.5) is 0 Å². The van der Waals surface area contributed by atoms with Crippen molar-refractivity contribution in [3.05, 3.63) is 34.9 Å². The molecule has 1 aliphatic rings. The minimum atomic E-state index is -0.614. The van der Waals surface area contributed by atoms with E-state index in [9.17, 15) is 4.79 Å². The maximum atomic E-state index is 12.0. The van der Waals surface area contributed by atoms with Crippen molar-refractivity contribution in [3.63, 3.8) is 0 Å². The van der Waals surface area contributed by atoms with E-state index >= 15 is 0 Å². The molecule has 1 heterocycles. The first kappa shape index (κ1) is 16.7. The molecule has 1 aromatic carbocycles. The number of halogens is 1. The van der Waals surface area contributed by atoms with Crippen molar-refractivity contribution in [3.8, 4) is 0 Å². The molecule has 0 aliphatic carbocycles. The van der Waals surface area contributed by atoms with E-state index in [1.54, 1.807) is 24.3 Å². The van der Waals surface area contributed by atoms with Crippen LogP contribution in [0.2, 0.25) is 5.02 Å². The Morgan fingerprint density at radius 1 is 1.27 bits per heavy atom. The molecule has 1 aromatic rings. The standard InChI is InChI=1S/C17H21ClN2O2/c1-3-4-5-6-11-19-12(2)15-17(21)22-16(20-15)13-7-9-14(18)10-8-13/h7-10,15H,3-6,11H2,1-2H3. The van der Waals surface area contributed by atoms with Gasteiger partial charge in [-0.25, -0.2) is 9.79 Å². The highest BCUT2D eigenvalue weighted by Crippen LogP contribution is 2.17. The number of hydrogen-bond donors (Lipinski definition) is 0. The van der Waals surface area contributed by atoms with Crippen LogP contribution in [0.1, 0.15) is 45.1 Å². The number of cyclic esters (lactones) is 1. The lowest BCUT2D eigenvalue weighted by Crippen LogP contribution is -2.23. The third-order valence-electron chi connectivity index (χ3n) is 3.53. The second-order valence-corrected chi connectivity index (χ2v) is 5.78. The second kappa shape index (κ2) is 8.08. The maximum absolute atomic E-state index is 12.0. The van der Waals surface area contributed by atoms with Crippen LogP contribution in [0.25, 0.3) is 0 Å². The zero-order valence-corrected chi connectivity index (χ0v) is 13.8. The van der Waals surface area contributed by atoms with E-state index in [4.69, 9.17) is 16.3 Å². The molecule has 0 saturated heterocycles. The lowest BCUT2D eigenvalue weighted by molar-refractivity contribution is -0.133. The summed E-state index contributed by atoms with van der Waals surface area (Å²) in [6.07, 6.45) is 4.63. The van der Waals surface area contributed by atoms with E-state index in [1.807, 2.05) is 6.92 Å². The molecule has 0 aromatic heterocycles. The van der Waals surface area contributed by atoms with Crippen LogP contribution in [-0.4, -0.2) is 30.2 Å². The highest BCUT2D eigenvalue weighted by Gasteiger charge is 2.31. The molecule has 2 rings (SSSR count). The Bertz CT molecular complexity index is 579. The molecule has 0 amide bonds. The zero-order valence-electron chi connectivity index (χ0n) is 13.0. The summed E-state index contributed by atoms with van der Waals surface area (Å²) in [6.45, 7) is 4.75. The molecule has 1 unspecified atom stereocenters. The van der Waals surface area contributed by atoms with Gasteiger partial charge < -0.3 is 4.74 Å². The highest BCUT2D eigenvalue weighted by atomic mass is 35.5. The van der Waals surface area contributed by atoms with E-state index in [2.05, 4.69) is 16.9 Å². The largest absolute Gasteiger partial charge is 0.405 e. The smallest absolute Gasteiger partial charge is 0.343 e. The summed E-state index contributed by atoms with van der Waals surface area (Å²) in [6, 6.07) is 6.45. The zero-order chi connectivity index (χ0) is 15.9. The highest BCUT2D eigenvalue weighted by molar-refractivity contribution is 6.30. The quantitative estimate of drug-likeness (QED) is 0.432. The molecular formula is C17H21ClN2O2. The summed E-state index contributed by atoms with van der Waals surface area (Å²) in [5, 5.41) is 0.634. The van der Waals surface area contributed by atoms with Gasteiger partial charge in [0.1, 0.15) is 0 Å². The molecule has 118 valence electrons. The van der Waals surface area contributed by atoms with E-state index in [0.29, 0.717) is 16.6 Å². The predicted molar refractivity (Wildman–Crippen MR) is 90.0 cm³/mol. The van der Waals surface area contributed by atoms with E-state index in [0.717, 1.165) is 18.5 Å². The molecule has 22 heavy (non-hydrogen) atoms. The van der Waals surface area contributed by atoms with Gasteiger partial charge in [-0.2, -0.15) is 0 Å². The molecule has 4 nitrogen and oxygen atoms in total. The Morgan fingerprint density at radius 3 is 2.68 bits per heavy atom. The maximum Gasteiger partial charge on any atom is 0.343 e. The van der Waals surface area contributed by atoms with E-state index in [-0.39, 0.29) is 5.97 Å². The van der Waals surface area contributed by atoms with Crippen molar-refractivity contribution >= 4 is 29.2 Å². The van der Waals surface area contributed by atoms with Crippen molar-refractivity contribution in [1.82, 2.24) is 0 Å². The van der Waals surface area contributed by atoms with Gasteiger partial charge in [0, 0.05) is 22.8 Å². The van der Waals surface area contributed by atoms with Gasteiger partial charge in [0.15, 0.2) is 6.04 Å². The molecule has 0 N–H and O–H groups in total. The van der Waals surface area contributed by atoms with Gasteiger partial charge in [-0.15, -0.1) is 0 Å². The van der Waals surface area contributed by atoms with Crippen molar-refractivity contribution in [2.24, 2.45) is 9.98 Å². The molecule has 0 bridgehead atoms. The number of benzene rings is 1. The minimum Gasteiger partial charge on any atom is -0.405 e. The first-order valence-electron chi connectivity index (χ1n) is 7.68. The number of carbonyl (C=O) groups is 1. The first-order chi connectivity index (χ1) is 10.6. The summed E-state index contributed by atoms with van der Waals surface area (Å²) in [4.78, 5) is 20.8. The Labute approximate surface area is 136 Å². The van der Waals surface area contributed by atoms with Crippen molar-refractivity contribution in [2.45, 2.75) is 45.6 Å². The van der Waals surface area contributed by atoms with Gasteiger partial charge in [-0.05, 0) is 37.6 Å². The van der Waals surface area contributed by atoms with Crippen LogP contribution in [0, 0.1) is 0 Å². The van der Waals surface area contributed by atoms with Gasteiger partial charge in [-0.3, -0.25) is 4.99 Å². The molecule has 0 fully saturated rings. The summed E-state index contributed by atoms with van der Waals surface area (Å²) < 4.78 is 5.25. The number of aliphatic imine (C=N–C) groups is 2. The number of ether oxygens (including phenoxy) is 1. The van der Waals surface area contributed by atoms with Gasteiger partial charge in [0.05, 0.1) is 0 Å². The van der Waals surface area contributed by atoms with Gasteiger partial charge in [0.25, 0.3) is 0 Å². The number of rotatable bonds is 7. The second-order valence-electron chi connectivity index (χ2n) is 5.35. The Kier molecular flexibility index (Phi) is 6.13. The van der Waals surface area contributed by atoms with E-state index in [1.165, 1.54) is 19.3 Å². The SMILES string of the molecule is CCCCCCN=C(C)C1N=C(c2ccc(Cl)cc2)OC1=O. The fourth-order valence-corrected chi connectivity index (χ4v) is 2.34. The molecular weight excluding hydrogens is 300 g/mol. The monoisotopic (exact) mass is 320 g/mol. The molecule has 5 heteroatoms. The van der Waals surface area contributed by atoms with Crippen LogP contribution in [0.5, 0.6) is 0 Å². The van der Waals surface area contributed by atoms with Crippen molar-refractivity contribution in [1.29, 1.82) is 0 Å². The third kappa shape index (κ3) is 4.41. The summed E-state index contributed by atoms with van der Waals surface area (Å²) in [5.74, 6) is -0.0213. The molecule has 0 spiro atoms. The molecule has 0 saturated carbocycles. The normalized spacial score (nSPS) is 18.3. The number of esters is 1. The molecule has 1 atom stereocenters. The molecule has 1 aliphatic heterocycles. The van der Waals surface area contributed by atoms with Crippen LogP contribution in [0.3, 0.4) is 0 Å². The summed E-state index contributed by atoms with van der Waals surface area (Å²) >= 11 is 5.85. The number of hydrogen-bond acceptors (Lipinski definition) is 4. The third-order valence-corrected chi connectivity index (χ3v) is 3.78. The minimum absolute atomic E-state index is 0.340. The summed E-state index contributed by atoms with van der Waals surface area (Å²) in [7, 11) is 0. The van der Waals surface area contributed by atoms with Gasteiger partial charge in [0.2, 0.25) is 5.90 Å². The Balaban J connectivity index is 2.00. The lowest BCUT2D eigenvalue weighted by atomic mass is 10.2. The van der Waals surface area contributed by atoms with Crippen LogP contribution < -0.4 is 0 Å². The number of nitrogens with zero attached hydrogens (tertiary/aromatic N) is 2. The van der Waals surface area contributed by atoms with E-state index < -0.39 is 6.04 Å². The van der Waals surface area contributed by atoms with Crippen LogP contribution in [0.15, 0.2) is 34.3 Å². The molecule has 0 radical (unpaired) electrons. The summed E-state index contributed by atoms with van der Waals surface area (Å²) in [5.41, 5.74) is 1.46. The van der Waals surface area contributed by atoms with Crippen molar-refractivity contribution in [2.75, 3.05) is 6.54 Å². The van der Waals surface area contributed by atoms with Crippen LogP contribution in [-0.2, 0) is 9.53 Å². The fourth-order valence-electron chi connectivity index (χ4n) is 2.22. The Morgan fingerprint density at radius 2 is 2.00 bits per heavy atom. The predicted octanol–water partition coefficient (Wildman–Crippen LogP) is 4.05.